The summed E-state index contributed by atoms with van der Waals surface area (Å²) in [6, 6.07) is 7.95. The zero-order chi connectivity index (χ0) is 24.6. The summed E-state index contributed by atoms with van der Waals surface area (Å²) in [6.45, 7) is 6.27. The van der Waals surface area contributed by atoms with Gasteiger partial charge in [0.1, 0.15) is 11.9 Å². The van der Waals surface area contributed by atoms with Gasteiger partial charge in [0, 0.05) is 30.3 Å². The number of rotatable bonds is 5. The number of fused-ring (bicyclic) bond motifs is 1. The molecule has 0 saturated heterocycles. The second-order valence-electron chi connectivity index (χ2n) is 9.02. The fourth-order valence-corrected chi connectivity index (χ4v) is 5.37. The molecular weight excluding hydrogens is 459 g/mol. The quantitative estimate of drug-likeness (QED) is 0.535. The maximum atomic E-state index is 14.7. The van der Waals surface area contributed by atoms with Gasteiger partial charge in [-0.2, -0.15) is 0 Å². The van der Waals surface area contributed by atoms with Crippen LogP contribution in [0.2, 0.25) is 19.6 Å². The monoisotopic (exact) mass is 484 g/mol. The Balaban J connectivity index is 1.69. The van der Waals surface area contributed by atoms with E-state index in [4.69, 9.17) is 9.26 Å². The van der Waals surface area contributed by atoms with Crippen LogP contribution < -0.4 is 15.2 Å². The molecule has 4 rings (SSSR count). The summed E-state index contributed by atoms with van der Waals surface area (Å²) in [5.74, 6) is -1.78. The first kappa shape index (κ1) is 23.4. The summed E-state index contributed by atoms with van der Waals surface area (Å²) in [6.07, 6.45) is 0.377. The predicted octanol–water partition coefficient (Wildman–Crippen LogP) is 2.85. The lowest BCUT2D eigenvalue weighted by Crippen LogP contribution is -2.45. The van der Waals surface area contributed by atoms with E-state index in [-0.39, 0.29) is 23.8 Å². The molecule has 2 amide bonds. The fourth-order valence-electron chi connectivity index (χ4n) is 4.00. The van der Waals surface area contributed by atoms with Crippen molar-refractivity contribution >= 4 is 30.8 Å². The van der Waals surface area contributed by atoms with Gasteiger partial charge in [-0.1, -0.05) is 25.7 Å². The van der Waals surface area contributed by atoms with Gasteiger partial charge in [-0.15, -0.1) is 0 Å². The Morgan fingerprint density at radius 2 is 2.00 bits per heavy atom. The Bertz CT molecular complexity index is 1260. The average molecular weight is 485 g/mol. The van der Waals surface area contributed by atoms with Crippen LogP contribution >= 0.6 is 0 Å². The first-order chi connectivity index (χ1) is 16.1. The van der Waals surface area contributed by atoms with Gasteiger partial charge in [-0.25, -0.2) is 9.37 Å². The maximum Gasteiger partial charge on any atom is 0.293 e. The third-order valence-corrected chi connectivity index (χ3v) is 7.67. The van der Waals surface area contributed by atoms with Crippen LogP contribution in [0.25, 0.3) is 0 Å². The minimum atomic E-state index is -1.89. The summed E-state index contributed by atoms with van der Waals surface area (Å²) in [4.78, 5) is 32.3. The first-order valence-electron chi connectivity index (χ1n) is 10.7. The smallest absolute Gasteiger partial charge is 0.293 e. The van der Waals surface area contributed by atoms with Crippen molar-refractivity contribution in [1.82, 2.24) is 15.0 Å². The molecule has 3 heterocycles. The Kier molecular flexibility index (Phi) is 6.13. The maximum absolute atomic E-state index is 14.7. The molecule has 0 fully saturated rings. The molecule has 2 aromatic heterocycles. The minimum Gasteiger partial charge on any atom is -0.491 e. The van der Waals surface area contributed by atoms with Crippen LogP contribution in [-0.2, 0) is 11.2 Å². The van der Waals surface area contributed by atoms with Crippen LogP contribution in [0.1, 0.15) is 27.9 Å². The van der Waals surface area contributed by atoms with E-state index in [1.807, 2.05) is 19.6 Å². The van der Waals surface area contributed by atoms with Gasteiger partial charge >= 0.3 is 0 Å². The number of nitrogens with zero attached hydrogens (tertiary/aromatic N) is 3. The van der Waals surface area contributed by atoms with Crippen LogP contribution in [0, 0.1) is 5.82 Å². The second-order valence-corrected chi connectivity index (χ2v) is 14.1. The molecule has 0 radical (unpaired) electrons. The molecule has 1 aromatic carbocycles. The summed E-state index contributed by atoms with van der Waals surface area (Å²) in [5.41, 5.74) is 1.41. The highest BCUT2D eigenvalue weighted by molar-refractivity contribution is 6.88. The van der Waals surface area contributed by atoms with Gasteiger partial charge in [0.2, 0.25) is 11.6 Å². The van der Waals surface area contributed by atoms with Crippen molar-refractivity contribution in [2.24, 2.45) is 0 Å². The number of ether oxygens (including phenoxy) is 1. The van der Waals surface area contributed by atoms with Crippen molar-refractivity contribution in [2.45, 2.75) is 32.1 Å². The lowest BCUT2D eigenvalue weighted by molar-refractivity contribution is -0.121. The Morgan fingerprint density at radius 1 is 1.24 bits per heavy atom. The van der Waals surface area contributed by atoms with Crippen molar-refractivity contribution < 1.29 is 28.3 Å². The van der Waals surface area contributed by atoms with Crippen molar-refractivity contribution in [3.05, 3.63) is 59.2 Å². The summed E-state index contributed by atoms with van der Waals surface area (Å²) in [5, 5.41) is 16.2. The lowest BCUT2D eigenvalue weighted by Gasteiger charge is -2.35. The molecule has 1 atom stereocenters. The van der Waals surface area contributed by atoms with E-state index in [0.29, 0.717) is 28.7 Å². The normalized spacial score (nSPS) is 15.6. The van der Waals surface area contributed by atoms with Crippen molar-refractivity contribution in [3.8, 4) is 11.8 Å². The van der Waals surface area contributed by atoms with Crippen molar-refractivity contribution in [1.29, 1.82) is 0 Å². The number of carbonyl (C=O) groups excluding carboxylic acids is 2. The van der Waals surface area contributed by atoms with Crippen molar-refractivity contribution in [2.75, 3.05) is 19.0 Å². The van der Waals surface area contributed by atoms with Gasteiger partial charge in [0.25, 0.3) is 17.7 Å². The molecule has 0 bridgehead atoms. The largest absolute Gasteiger partial charge is 0.491 e. The van der Waals surface area contributed by atoms with Crippen LogP contribution in [0.15, 0.2) is 40.9 Å². The van der Waals surface area contributed by atoms with E-state index in [1.165, 1.54) is 18.1 Å². The zero-order valence-corrected chi connectivity index (χ0v) is 20.3. The number of nitrogens with one attached hydrogen (secondary N) is 1. The third-order valence-electron chi connectivity index (χ3n) is 5.65. The molecule has 0 aliphatic carbocycles. The van der Waals surface area contributed by atoms with E-state index in [0.717, 1.165) is 6.07 Å². The van der Waals surface area contributed by atoms with Crippen molar-refractivity contribution in [3.63, 3.8) is 0 Å². The van der Waals surface area contributed by atoms with E-state index >= 15 is 0 Å². The van der Waals surface area contributed by atoms with E-state index < -0.39 is 31.8 Å². The standard InChI is InChI=1S/C23H25FN4O5Si/c1-32-20-8-6-14-16(26-20)9-10-28(23(31)17-12-19(29)27-33-17)21(14)22(30)25-13-5-7-18(15(24)11-13)34(2,3)4/h5-8,11-12,21H,9-10H2,1-4H3,(H,25,30)(H,27,29)/t21-/m1/s1. The number of methoxy groups -OCH3 is 1. The number of amides is 2. The highest BCUT2D eigenvalue weighted by Crippen LogP contribution is 2.33. The second kappa shape index (κ2) is 8.90. The number of benzene rings is 1. The number of hydrogen-bond donors (Lipinski definition) is 2. The molecule has 9 nitrogen and oxygen atoms in total. The number of halogens is 1. The lowest BCUT2D eigenvalue weighted by atomic mass is 9.95. The highest BCUT2D eigenvalue weighted by atomic mass is 28.3. The van der Waals surface area contributed by atoms with Gasteiger partial charge in [0.15, 0.2) is 0 Å². The molecule has 0 unspecified atom stereocenters. The number of anilines is 1. The Labute approximate surface area is 196 Å². The molecule has 178 valence electrons. The number of aromatic hydroxyl groups is 1. The van der Waals surface area contributed by atoms with Gasteiger partial charge < -0.3 is 24.6 Å². The van der Waals surface area contributed by atoms with Crippen LogP contribution in [0.3, 0.4) is 0 Å². The first-order valence-corrected chi connectivity index (χ1v) is 14.2. The van der Waals surface area contributed by atoms with E-state index in [1.54, 1.807) is 24.3 Å². The molecule has 1 aliphatic rings. The molecule has 3 aromatic rings. The summed E-state index contributed by atoms with van der Waals surface area (Å²) >= 11 is 0. The predicted molar refractivity (Wildman–Crippen MR) is 124 cm³/mol. The Morgan fingerprint density at radius 3 is 2.62 bits per heavy atom. The van der Waals surface area contributed by atoms with Gasteiger partial charge in [-0.3, -0.25) is 9.59 Å². The molecule has 2 N–H and O–H groups in total. The molecule has 0 spiro atoms. The Hall–Kier alpha value is -3.73. The average Bonchev–Trinajstić information content (AvgIpc) is 3.22. The van der Waals surface area contributed by atoms with Crippen LogP contribution in [0.5, 0.6) is 11.8 Å². The van der Waals surface area contributed by atoms with Gasteiger partial charge in [0.05, 0.1) is 26.9 Å². The molecular formula is C23H25FN4O5Si. The highest BCUT2D eigenvalue weighted by Gasteiger charge is 2.38. The van der Waals surface area contributed by atoms with Crippen LogP contribution in [0.4, 0.5) is 10.1 Å². The number of hydrogen-bond acceptors (Lipinski definition) is 7. The SMILES string of the molecule is COc1ccc2c(n1)CCN(C(=O)c1cc(O)no1)[C@H]2C(=O)Nc1ccc([Si](C)(C)C)c(F)c1. The molecule has 0 saturated carbocycles. The third kappa shape index (κ3) is 4.51. The number of carbonyl (C=O) groups is 2. The summed E-state index contributed by atoms with van der Waals surface area (Å²) in [7, 11) is -0.396. The zero-order valence-electron chi connectivity index (χ0n) is 19.3. The van der Waals surface area contributed by atoms with Gasteiger partial charge in [-0.05, 0) is 28.5 Å². The topological polar surface area (TPSA) is 118 Å². The number of aromatic nitrogens is 2. The van der Waals surface area contributed by atoms with E-state index in [9.17, 15) is 19.1 Å². The molecule has 34 heavy (non-hydrogen) atoms. The molecule has 11 heteroatoms. The summed E-state index contributed by atoms with van der Waals surface area (Å²) < 4.78 is 24.8. The number of pyridine rings is 1. The molecule has 1 aliphatic heterocycles. The van der Waals surface area contributed by atoms with E-state index in [2.05, 4.69) is 15.5 Å². The van der Waals surface area contributed by atoms with Crippen LogP contribution in [-0.4, -0.2) is 53.7 Å². The fraction of sp³-hybridized carbons (Fsp3) is 0.304. The minimum absolute atomic E-state index is 0.161.